The summed E-state index contributed by atoms with van der Waals surface area (Å²) in [5, 5.41) is 7.33. The highest BCUT2D eigenvalue weighted by atomic mass is 16.6. The van der Waals surface area contributed by atoms with Gasteiger partial charge in [0.2, 0.25) is 11.8 Å². The summed E-state index contributed by atoms with van der Waals surface area (Å²) in [6.07, 6.45) is 5.08. The molecule has 0 spiro atoms. The molecule has 2 aromatic heterocycles. The molecular weight excluding hydrogens is 542 g/mol. The van der Waals surface area contributed by atoms with Crippen molar-refractivity contribution in [3.05, 3.63) is 59.5 Å². The maximum atomic E-state index is 13.6. The molecule has 13 heteroatoms. The molecule has 2 saturated heterocycles. The van der Waals surface area contributed by atoms with Crippen molar-refractivity contribution in [1.29, 1.82) is 0 Å². The van der Waals surface area contributed by atoms with E-state index in [0.717, 1.165) is 11.1 Å². The van der Waals surface area contributed by atoms with Crippen molar-refractivity contribution < 1.29 is 28.7 Å². The van der Waals surface area contributed by atoms with E-state index in [9.17, 15) is 19.2 Å². The van der Waals surface area contributed by atoms with Gasteiger partial charge >= 0.3 is 6.09 Å². The van der Waals surface area contributed by atoms with Crippen LogP contribution < -0.4 is 10.1 Å². The minimum atomic E-state index is -0.489. The van der Waals surface area contributed by atoms with E-state index in [-0.39, 0.29) is 49.9 Å². The molecule has 4 amide bonds. The molecule has 5 heterocycles. The minimum absolute atomic E-state index is 0.0594. The van der Waals surface area contributed by atoms with Gasteiger partial charge < -0.3 is 24.6 Å². The molecule has 1 aromatic carbocycles. The second-order valence-electron chi connectivity index (χ2n) is 10.9. The van der Waals surface area contributed by atoms with Crippen molar-refractivity contribution in [2.75, 3.05) is 59.0 Å². The lowest BCUT2D eigenvalue weighted by atomic mass is 9.88. The number of hydrogen-bond acceptors (Lipinski definition) is 8. The molecule has 0 saturated carbocycles. The molecule has 220 valence electrons. The Morgan fingerprint density at radius 1 is 1.02 bits per heavy atom. The van der Waals surface area contributed by atoms with Gasteiger partial charge in [0.15, 0.2) is 5.65 Å². The number of rotatable bonds is 3. The fourth-order valence-electron chi connectivity index (χ4n) is 5.78. The van der Waals surface area contributed by atoms with Gasteiger partial charge in [0.25, 0.3) is 5.91 Å². The number of carbonyl (C=O) groups is 4. The quantitative estimate of drug-likeness (QED) is 0.490. The second kappa shape index (κ2) is 11.7. The number of carbonyl (C=O) groups excluding carboxylic acids is 4. The van der Waals surface area contributed by atoms with Crippen LogP contribution in [-0.2, 0) is 14.3 Å². The van der Waals surface area contributed by atoms with E-state index in [1.807, 2.05) is 37.4 Å². The molecule has 3 aliphatic heterocycles. The third-order valence-corrected chi connectivity index (χ3v) is 8.00. The van der Waals surface area contributed by atoms with E-state index in [1.54, 1.807) is 20.5 Å². The Morgan fingerprint density at radius 3 is 2.69 bits per heavy atom. The number of aromatic nitrogens is 3. The number of nitrogens with one attached hydrogen (secondary N) is 1. The third kappa shape index (κ3) is 5.58. The Hall–Kier alpha value is -4.68. The van der Waals surface area contributed by atoms with Crippen molar-refractivity contribution in [3.63, 3.8) is 0 Å². The first-order chi connectivity index (χ1) is 20.4. The average Bonchev–Trinajstić information content (AvgIpc) is 3.72. The molecule has 0 radical (unpaired) electrons. The van der Waals surface area contributed by atoms with Crippen LogP contribution in [0.1, 0.15) is 33.8 Å². The maximum absolute atomic E-state index is 13.6. The molecule has 1 N–H and O–H groups in total. The summed E-state index contributed by atoms with van der Waals surface area (Å²) in [7, 11) is 0. The van der Waals surface area contributed by atoms with Crippen LogP contribution in [0.2, 0.25) is 0 Å². The first-order valence-corrected chi connectivity index (χ1v) is 14.2. The van der Waals surface area contributed by atoms with Gasteiger partial charge in [-0.25, -0.2) is 14.3 Å². The van der Waals surface area contributed by atoms with E-state index in [4.69, 9.17) is 9.47 Å². The van der Waals surface area contributed by atoms with Gasteiger partial charge in [-0.05, 0) is 36.6 Å². The average molecular weight is 576 g/mol. The Labute approximate surface area is 242 Å². The smallest absolute Gasteiger partial charge is 0.410 e. The van der Waals surface area contributed by atoms with Gasteiger partial charge in [-0.2, -0.15) is 5.10 Å². The summed E-state index contributed by atoms with van der Waals surface area (Å²) in [5.74, 6) is -0.648. The fraction of sp³-hybridized carbons (Fsp3) is 0.448. The summed E-state index contributed by atoms with van der Waals surface area (Å²) >= 11 is 0. The van der Waals surface area contributed by atoms with Crippen LogP contribution in [0, 0.1) is 12.8 Å². The summed E-state index contributed by atoms with van der Waals surface area (Å²) in [4.78, 5) is 61.1. The summed E-state index contributed by atoms with van der Waals surface area (Å²) in [6.45, 7) is 4.49. The molecule has 3 aromatic rings. The Kier molecular flexibility index (Phi) is 7.64. The van der Waals surface area contributed by atoms with Crippen LogP contribution in [0.5, 0.6) is 5.75 Å². The van der Waals surface area contributed by atoms with Crippen molar-refractivity contribution >= 4 is 29.5 Å². The molecule has 13 nitrogen and oxygen atoms in total. The number of amides is 4. The number of aryl methyl sites for hydroxylation is 1. The highest BCUT2D eigenvalue weighted by molar-refractivity contribution is 6.00. The zero-order valence-corrected chi connectivity index (χ0v) is 23.4. The lowest BCUT2D eigenvalue weighted by Gasteiger charge is -2.26. The molecule has 0 aliphatic carbocycles. The molecule has 2 bridgehead atoms. The molecule has 2 atom stereocenters. The van der Waals surface area contributed by atoms with E-state index in [2.05, 4.69) is 15.4 Å². The first kappa shape index (κ1) is 27.5. The van der Waals surface area contributed by atoms with E-state index in [1.165, 1.54) is 11.1 Å². The number of ether oxygens (including phenoxy) is 2. The summed E-state index contributed by atoms with van der Waals surface area (Å²) in [5.41, 5.74) is 2.70. The van der Waals surface area contributed by atoms with Crippen LogP contribution in [0.3, 0.4) is 0 Å². The zero-order valence-electron chi connectivity index (χ0n) is 23.4. The zero-order chi connectivity index (χ0) is 29.2. The number of nitrogens with zero attached hydrogens (tertiary/aromatic N) is 6. The van der Waals surface area contributed by atoms with Crippen molar-refractivity contribution in [2.45, 2.75) is 19.3 Å². The first-order valence-electron chi connectivity index (χ1n) is 14.2. The summed E-state index contributed by atoms with van der Waals surface area (Å²) < 4.78 is 12.6. The van der Waals surface area contributed by atoms with Crippen molar-refractivity contribution in [2.24, 2.45) is 5.92 Å². The molecule has 42 heavy (non-hydrogen) atoms. The van der Waals surface area contributed by atoms with Gasteiger partial charge in [0, 0.05) is 44.5 Å². The Morgan fingerprint density at radius 2 is 1.86 bits per heavy atom. The molecule has 3 aliphatic rings. The predicted octanol–water partition coefficient (Wildman–Crippen LogP) is 1.07. The lowest BCUT2D eigenvalue weighted by Crippen LogP contribution is -2.44. The molecule has 2 fully saturated rings. The minimum Gasteiger partial charge on any atom is -0.492 e. The van der Waals surface area contributed by atoms with Gasteiger partial charge in [-0.3, -0.25) is 19.3 Å². The molecule has 6 rings (SSSR count). The van der Waals surface area contributed by atoms with E-state index < -0.39 is 12.0 Å². The Bertz CT molecular complexity index is 1520. The van der Waals surface area contributed by atoms with Gasteiger partial charge in [-0.15, -0.1) is 0 Å². The van der Waals surface area contributed by atoms with E-state index >= 15 is 0 Å². The highest BCUT2D eigenvalue weighted by Crippen LogP contribution is 2.35. The number of cyclic esters (lactones) is 1. The number of likely N-dealkylation sites (tertiary alicyclic amines) is 1. The topological polar surface area (TPSA) is 139 Å². The number of benzene rings is 1. The van der Waals surface area contributed by atoms with Crippen LogP contribution in [0.4, 0.5) is 4.79 Å². The highest BCUT2D eigenvalue weighted by Gasteiger charge is 2.41. The van der Waals surface area contributed by atoms with Gasteiger partial charge in [0.1, 0.15) is 31.1 Å². The number of hydrogen-bond donors (Lipinski definition) is 1. The van der Waals surface area contributed by atoms with Crippen LogP contribution >= 0.6 is 0 Å². The largest absolute Gasteiger partial charge is 0.492 e. The second-order valence-corrected chi connectivity index (χ2v) is 10.9. The molecular formula is C29H33N7O6. The van der Waals surface area contributed by atoms with Crippen LogP contribution in [0.15, 0.2) is 42.9 Å². The van der Waals surface area contributed by atoms with Crippen LogP contribution in [-0.4, -0.2) is 112 Å². The third-order valence-electron chi connectivity index (χ3n) is 8.00. The monoisotopic (exact) mass is 575 g/mol. The SMILES string of the molecule is Cc1cnc2c(C(=O)N3C[C@@H]4C(=O)NCCCN(C(=O)CN5CCOC5=O)CCOc5cccc(c5)[C@H]4C3)cnn2c1. The van der Waals surface area contributed by atoms with Gasteiger partial charge in [-0.1, -0.05) is 12.1 Å². The van der Waals surface area contributed by atoms with E-state index in [0.29, 0.717) is 56.1 Å². The lowest BCUT2D eigenvalue weighted by molar-refractivity contribution is -0.132. The summed E-state index contributed by atoms with van der Waals surface area (Å²) in [6, 6.07) is 7.55. The van der Waals surface area contributed by atoms with Crippen molar-refractivity contribution in [1.82, 2.24) is 34.6 Å². The van der Waals surface area contributed by atoms with Gasteiger partial charge in [0.05, 0.1) is 25.2 Å². The number of fused-ring (bicyclic) bond motifs is 5. The molecule has 0 unspecified atom stereocenters. The normalized spacial score (nSPS) is 21.4. The predicted molar refractivity (Wildman–Crippen MR) is 149 cm³/mol. The van der Waals surface area contributed by atoms with Crippen LogP contribution in [0.25, 0.3) is 5.65 Å². The van der Waals surface area contributed by atoms with Crippen molar-refractivity contribution in [3.8, 4) is 5.75 Å². The standard InChI is InChI=1S/C29H33N7O6/c1-19-13-31-26-22(14-32-36(26)15-19)28(39)35-16-23-20-4-2-5-21(12-20)41-10-8-33(7-3-6-30-27(38)24(23)17-35)25(37)18-34-9-11-42-29(34)40/h2,4-5,12-15,23-24H,3,6-11,16-18H2,1H3,(H,30,38)/t23-,24+/m1/s1. The maximum Gasteiger partial charge on any atom is 0.410 e. The fourth-order valence-corrected chi connectivity index (χ4v) is 5.78. The Balaban J connectivity index is 1.19.